The third-order valence-corrected chi connectivity index (χ3v) is 1.83. The van der Waals surface area contributed by atoms with Gasteiger partial charge in [0.1, 0.15) is 0 Å². The third kappa shape index (κ3) is 7.90. The lowest BCUT2D eigenvalue weighted by Crippen LogP contribution is -2.33. The molecule has 0 bridgehead atoms. The summed E-state index contributed by atoms with van der Waals surface area (Å²) in [5, 5.41) is 3.57. The van der Waals surface area contributed by atoms with Crippen LogP contribution in [0.3, 0.4) is 0 Å². The van der Waals surface area contributed by atoms with Crippen molar-refractivity contribution in [3.63, 3.8) is 0 Å². The number of hydrogen-bond donors (Lipinski definition) is 0. The summed E-state index contributed by atoms with van der Waals surface area (Å²) in [6.45, 7) is 12.5. The summed E-state index contributed by atoms with van der Waals surface area (Å²) in [6.07, 6.45) is 0. The van der Waals surface area contributed by atoms with Crippen LogP contribution in [0, 0.1) is 11.8 Å². The van der Waals surface area contributed by atoms with Crippen LogP contribution in [-0.2, 0) is 0 Å². The van der Waals surface area contributed by atoms with Gasteiger partial charge in [-0.05, 0) is 17.4 Å². The molecule has 0 N–H and O–H groups in total. The van der Waals surface area contributed by atoms with E-state index in [1.165, 1.54) is 0 Å². The molecule has 0 aromatic heterocycles. The van der Waals surface area contributed by atoms with Crippen LogP contribution in [0.5, 0.6) is 0 Å². The normalized spacial score (nSPS) is 11.1. The van der Waals surface area contributed by atoms with Crippen molar-refractivity contribution in [2.24, 2.45) is 17.0 Å². The molecule has 82 valence electrons. The maximum atomic E-state index is 8.18. The van der Waals surface area contributed by atoms with Crippen molar-refractivity contribution in [3.8, 4) is 0 Å². The average molecular weight is 198 g/mol. The highest BCUT2D eigenvalue weighted by atomic mass is 15.2. The van der Waals surface area contributed by atoms with Crippen LogP contribution in [0.25, 0.3) is 10.4 Å². The van der Waals surface area contributed by atoms with Gasteiger partial charge < -0.3 is 4.90 Å². The summed E-state index contributed by atoms with van der Waals surface area (Å²) < 4.78 is 0. The minimum Gasteiger partial charge on any atom is -0.303 e. The molecular weight excluding hydrogens is 176 g/mol. The minimum absolute atomic E-state index is 0.579. The van der Waals surface area contributed by atoms with E-state index in [0.29, 0.717) is 18.4 Å². The standard InChI is InChI=1S/C10H22N4/c1-9(2)7-14(8-10(3)4)6-5-12-13-11/h9-10H,5-8H2,1-4H3. The molecule has 0 aromatic carbocycles. The summed E-state index contributed by atoms with van der Waals surface area (Å²) in [5.41, 5.74) is 8.18. The van der Waals surface area contributed by atoms with Crippen molar-refractivity contribution in [1.29, 1.82) is 0 Å². The highest BCUT2D eigenvalue weighted by Gasteiger charge is 2.08. The van der Waals surface area contributed by atoms with E-state index < -0.39 is 0 Å². The molecule has 0 saturated carbocycles. The Kier molecular flexibility index (Phi) is 7.25. The number of azide groups is 1. The summed E-state index contributed by atoms with van der Waals surface area (Å²) in [4.78, 5) is 5.13. The molecule has 0 rings (SSSR count). The molecule has 0 radical (unpaired) electrons. The van der Waals surface area contributed by atoms with Crippen molar-refractivity contribution in [2.75, 3.05) is 26.2 Å². The van der Waals surface area contributed by atoms with Crippen LogP contribution < -0.4 is 0 Å². The molecule has 4 heteroatoms. The van der Waals surface area contributed by atoms with Gasteiger partial charge in [0.05, 0.1) is 0 Å². The van der Waals surface area contributed by atoms with Crippen molar-refractivity contribution in [2.45, 2.75) is 27.7 Å². The SMILES string of the molecule is CC(C)CN(CCN=[N+]=[N-])CC(C)C. The van der Waals surface area contributed by atoms with E-state index in [1.807, 2.05) is 0 Å². The van der Waals surface area contributed by atoms with Crippen LogP contribution in [0.2, 0.25) is 0 Å². The quantitative estimate of drug-likeness (QED) is 0.352. The molecule has 14 heavy (non-hydrogen) atoms. The topological polar surface area (TPSA) is 52.0 Å². The van der Waals surface area contributed by atoms with Crippen molar-refractivity contribution >= 4 is 0 Å². The van der Waals surface area contributed by atoms with Crippen LogP contribution in [0.1, 0.15) is 27.7 Å². The van der Waals surface area contributed by atoms with E-state index in [-0.39, 0.29) is 0 Å². The molecule has 0 aliphatic heterocycles. The lowest BCUT2D eigenvalue weighted by Gasteiger charge is -2.25. The summed E-state index contributed by atoms with van der Waals surface area (Å²) in [6, 6.07) is 0. The van der Waals surface area contributed by atoms with Crippen LogP contribution in [0.15, 0.2) is 5.11 Å². The molecule has 0 atom stereocenters. The second-order valence-electron chi connectivity index (χ2n) is 4.50. The van der Waals surface area contributed by atoms with Gasteiger partial charge in [-0.1, -0.05) is 32.8 Å². The first-order valence-corrected chi connectivity index (χ1v) is 5.29. The van der Waals surface area contributed by atoms with Crippen molar-refractivity contribution < 1.29 is 0 Å². The molecule has 0 aliphatic rings. The zero-order valence-electron chi connectivity index (χ0n) is 9.77. The van der Waals surface area contributed by atoms with E-state index in [0.717, 1.165) is 19.6 Å². The van der Waals surface area contributed by atoms with E-state index >= 15 is 0 Å². The van der Waals surface area contributed by atoms with Gasteiger partial charge in [0.2, 0.25) is 0 Å². The minimum atomic E-state index is 0.579. The largest absolute Gasteiger partial charge is 0.303 e. The maximum absolute atomic E-state index is 8.18. The molecule has 0 unspecified atom stereocenters. The average Bonchev–Trinajstić information content (AvgIpc) is 2.02. The fraction of sp³-hybridized carbons (Fsp3) is 1.00. The highest BCUT2D eigenvalue weighted by Crippen LogP contribution is 2.03. The Morgan fingerprint density at radius 1 is 1.14 bits per heavy atom. The first kappa shape index (κ1) is 13.3. The second kappa shape index (κ2) is 7.65. The van der Waals surface area contributed by atoms with E-state index in [9.17, 15) is 0 Å². The molecular formula is C10H22N4. The maximum Gasteiger partial charge on any atom is 0.0385 e. The van der Waals surface area contributed by atoms with E-state index in [4.69, 9.17) is 5.53 Å². The van der Waals surface area contributed by atoms with Crippen LogP contribution in [-0.4, -0.2) is 31.1 Å². The Labute approximate surface area is 86.9 Å². The summed E-state index contributed by atoms with van der Waals surface area (Å²) >= 11 is 0. The predicted molar refractivity (Wildman–Crippen MR) is 60.1 cm³/mol. The monoisotopic (exact) mass is 198 g/mol. The Morgan fingerprint density at radius 2 is 1.64 bits per heavy atom. The third-order valence-electron chi connectivity index (χ3n) is 1.83. The highest BCUT2D eigenvalue weighted by molar-refractivity contribution is 4.64. The summed E-state index contributed by atoms with van der Waals surface area (Å²) in [7, 11) is 0. The summed E-state index contributed by atoms with van der Waals surface area (Å²) in [5.74, 6) is 1.33. The van der Waals surface area contributed by atoms with Gasteiger partial charge in [-0.25, -0.2) is 0 Å². The Hall–Kier alpha value is -0.730. The zero-order valence-corrected chi connectivity index (χ0v) is 9.77. The molecule has 0 aromatic rings. The molecule has 0 spiro atoms. The molecule has 0 aliphatic carbocycles. The Balaban J connectivity index is 3.89. The lowest BCUT2D eigenvalue weighted by molar-refractivity contribution is 0.225. The van der Waals surface area contributed by atoms with Gasteiger partial charge in [0.15, 0.2) is 0 Å². The molecule has 0 heterocycles. The first-order chi connectivity index (χ1) is 6.56. The van der Waals surface area contributed by atoms with Gasteiger partial charge in [0.25, 0.3) is 0 Å². The van der Waals surface area contributed by atoms with Gasteiger partial charge in [-0.15, -0.1) is 0 Å². The molecule has 4 nitrogen and oxygen atoms in total. The van der Waals surface area contributed by atoms with E-state index in [1.54, 1.807) is 0 Å². The molecule has 0 fully saturated rings. The van der Waals surface area contributed by atoms with E-state index in [2.05, 4.69) is 42.6 Å². The zero-order chi connectivity index (χ0) is 11.0. The Morgan fingerprint density at radius 3 is 2.00 bits per heavy atom. The van der Waals surface area contributed by atoms with Crippen LogP contribution in [0.4, 0.5) is 0 Å². The van der Waals surface area contributed by atoms with Gasteiger partial charge in [0, 0.05) is 31.1 Å². The number of hydrogen-bond acceptors (Lipinski definition) is 2. The second-order valence-corrected chi connectivity index (χ2v) is 4.50. The van der Waals surface area contributed by atoms with Gasteiger partial charge >= 0.3 is 0 Å². The number of rotatable bonds is 7. The lowest BCUT2D eigenvalue weighted by atomic mass is 10.1. The van der Waals surface area contributed by atoms with Gasteiger partial charge in [-0.3, -0.25) is 0 Å². The predicted octanol–water partition coefficient (Wildman–Crippen LogP) is 2.91. The first-order valence-electron chi connectivity index (χ1n) is 5.29. The molecule has 0 saturated heterocycles. The van der Waals surface area contributed by atoms with Crippen molar-refractivity contribution in [3.05, 3.63) is 10.4 Å². The van der Waals surface area contributed by atoms with Crippen LogP contribution >= 0.6 is 0 Å². The smallest absolute Gasteiger partial charge is 0.0385 e. The fourth-order valence-corrected chi connectivity index (χ4v) is 1.52. The number of nitrogens with zero attached hydrogens (tertiary/aromatic N) is 4. The molecule has 0 amide bonds. The fourth-order valence-electron chi connectivity index (χ4n) is 1.52. The van der Waals surface area contributed by atoms with Gasteiger partial charge in [-0.2, -0.15) is 0 Å². The Bertz CT molecular complexity index is 173. The van der Waals surface area contributed by atoms with Crippen molar-refractivity contribution in [1.82, 2.24) is 4.90 Å².